The van der Waals surface area contributed by atoms with E-state index in [1.54, 1.807) is 7.11 Å². The lowest BCUT2D eigenvalue weighted by atomic mass is 9.76. The van der Waals surface area contributed by atoms with Crippen LogP contribution < -0.4 is 9.64 Å². The van der Waals surface area contributed by atoms with Gasteiger partial charge in [-0.05, 0) is 77.2 Å². The van der Waals surface area contributed by atoms with Crippen molar-refractivity contribution < 1.29 is 4.74 Å². The summed E-state index contributed by atoms with van der Waals surface area (Å²) < 4.78 is 8.48. The monoisotopic (exact) mass is 426 g/mol. The summed E-state index contributed by atoms with van der Waals surface area (Å²) in [6, 6.07) is 8.54. The number of ether oxygens (including phenoxy) is 1. The lowest BCUT2D eigenvalue weighted by Gasteiger charge is -2.40. The number of halogens is 1. The van der Waals surface area contributed by atoms with Gasteiger partial charge in [0.05, 0.1) is 19.0 Å². The number of aromatic nitrogens is 3. The third-order valence-electron chi connectivity index (χ3n) is 6.32. The van der Waals surface area contributed by atoms with Gasteiger partial charge in [0.1, 0.15) is 15.9 Å². The molecule has 1 aliphatic carbocycles. The molecule has 0 N–H and O–H groups in total. The molecule has 0 atom stereocenters. The molecule has 0 amide bonds. The third kappa shape index (κ3) is 2.64. The first-order chi connectivity index (χ1) is 13.1. The average molecular weight is 427 g/mol. The summed E-state index contributed by atoms with van der Waals surface area (Å²) in [5.41, 5.74) is 5.30. The highest BCUT2D eigenvalue weighted by Crippen LogP contribution is 2.47. The van der Waals surface area contributed by atoms with Crippen LogP contribution in [0, 0.1) is 12.3 Å². The molecule has 0 bridgehead atoms. The van der Waals surface area contributed by atoms with E-state index in [1.807, 2.05) is 23.7 Å². The number of nitrogens with zero attached hydrogens (tertiary/aromatic N) is 4. The van der Waals surface area contributed by atoms with Crippen LogP contribution in [0.2, 0.25) is 0 Å². The molecule has 3 heterocycles. The van der Waals surface area contributed by atoms with Crippen LogP contribution in [0.5, 0.6) is 5.75 Å². The van der Waals surface area contributed by atoms with E-state index in [4.69, 9.17) is 9.72 Å². The van der Waals surface area contributed by atoms with Gasteiger partial charge in [-0.3, -0.25) is 0 Å². The summed E-state index contributed by atoms with van der Waals surface area (Å²) in [6.07, 6.45) is 6.51. The lowest BCUT2D eigenvalue weighted by molar-refractivity contribution is 0.231. The maximum atomic E-state index is 5.61. The molecule has 3 aromatic rings. The minimum absolute atomic E-state index is 0.369. The predicted molar refractivity (Wildman–Crippen MR) is 110 cm³/mol. The number of methoxy groups -OCH3 is 1. The van der Waals surface area contributed by atoms with Gasteiger partial charge in [0.25, 0.3) is 0 Å². The largest absolute Gasteiger partial charge is 0.496 e. The molecule has 5 rings (SSSR count). The molecule has 1 aliphatic heterocycles. The zero-order valence-corrected chi connectivity index (χ0v) is 17.3. The van der Waals surface area contributed by atoms with Gasteiger partial charge < -0.3 is 9.64 Å². The van der Waals surface area contributed by atoms with Gasteiger partial charge >= 0.3 is 0 Å². The summed E-state index contributed by atoms with van der Waals surface area (Å²) in [5.74, 6) is 2.11. The van der Waals surface area contributed by atoms with Crippen LogP contribution in [0.1, 0.15) is 29.7 Å². The van der Waals surface area contributed by atoms with Gasteiger partial charge in [0.15, 0.2) is 5.82 Å². The van der Waals surface area contributed by atoms with Gasteiger partial charge in [-0.15, -0.1) is 0 Å². The van der Waals surface area contributed by atoms with Crippen molar-refractivity contribution in [2.45, 2.75) is 32.6 Å². The Balaban J connectivity index is 1.41. The highest BCUT2D eigenvalue weighted by Gasteiger charge is 2.41. The Morgan fingerprint density at radius 3 is 2.74 bits per heavy atom. The average Bonchev–Trinajstić information content (AvgIpc) is 3.30. The van der Waals surface area contributed by atoms with Crippen LogP contribution in [-0.4, -0.2) is 34.8 Å². The molecule has 0 radical (unpaired) electrons. The molecule has 2 aliphatic rings. The van der Waals surface area contributed by atoms with Crippen LogP contribution >= 0.6 is 15.9 Å². The summed E-state index contributed by atoms with van der Waals surface area (Å²) in [4.78, 5) is 7.31. The van der Waals surface area contributed by atoms with Crippen LogP contribution in [0.25, 0.3) is 5.52 Å². The van der Waals surface area contributed by atoms with Gasteiger partial charge in [0, 0.05) is 13.1 Å². The Kier molecular flexibility index (Phi) is 3.93. The molecule has 5 nitrogen and oxygen atoms in total. The van der Waals surface area contributed by atoms with E-state index in [2.05, 4.69) is 44.1 Å². The quantitative estimate of drug-likeness (QED) is 0.615. The van der Waals surface area contributed by atoms with Crippen molar-refractivity contribution in [3.63, 3.8) is 0 Å². The van der Waals surface area contributed by atoms with Crippen LogP contribution in [0.3, 0.4) is 0 Å². The Labute approximate surface area is 167 Å². The topological polar surface area (TPSA) is 42.7 Å². The van der Waals surface area contributed by atoms with E-state index >= 15 is 0 Å². The number of hydrogen-bond donors (Lipinski definition) is 0. The van der Waals surface area contributed by atoms with Gasteiger partial charge in [-0.25, -0.2) is 9.50 Å². The highest BCUT2D eigenvalue weighted by molar-refractivity contribution is 9.10. The molecule has 1 aromatic carbocycles. The maximum Gasteiger partial charge on any atom is 0.155 e. The molecular formula is C21H23BrN4O. The fourth-order valence-corrected chi connectivity index (χ4v) is 5.21. The van der Waals surface area contributed by atoms with Gasteiger partial charge in [-0.1, -0.05) is 12.1 Å². The number of hydrogen-bond acceptors (Lipinski definition) is 4. The molecular weight excluding hydrogens is 404 g/mol. The van der Waals surface area contributed by atoms with Crippen molar-refractivity contribution in [2.75, 3.05) is 25.1 Å². The van der Waals surface area contributed by atoms with Gasteiger partial charge in [-0.2, -0.15) is 5.10 Å². The van der Waals surface area contributed by atoms with Crippen molar-refractivity contribution >= 4 is 27.3 Å². The highest BCUT2D eigenvalue weighted by atomic mass is 79.9. The molecule has 0 unspecified atom stereocenters. The number of anilines is 1. The van der Waals surface area contributed by atoms with E-state index < -0.39 is 0 Å². The fraction of sp³-hybridized carbons (Fsp3) is 0.429. The lowest BCUT2D eigenvalue weighted by Crippen LogP contribution is -2.41. The molecule has 0 saturated carbocycles. The predicted octanol–water partition coefficient (Wildman–Crippen LogP) is 4.19. The normalized spacial score (nSPS) is 18.3. The first kappa shape index (κ1) is 17.0. The van der Waals surface area contributed by atoms with E-state index in [-0.39, 0.29) is 0 Å². The second kappa shape index (κ2) is 6.23. The number of aryl methyl sites for hydroxylation is 1. The Bertz CT molecular complexity index is 1020. The second-order valence-electron chi connectivity index (χ2n) is 7.88. The molecule has 27 heavy (non-hydrogen) atoms. The Hall–Kier alpha value is -2.08. The molecule has 140 valence electrons. The molecule has 1 spiro atoms. The third-order valence-corrected chi connectivity index (χ3v) is 7.23. The summed E-state index contributed by atoms with van der Waals surface area (Å²) in [7, 11) is 1.78. The minimum atomic E-state index is 0.369. The van der Waals surface area contributed by atoms with Crippen molar-refractivity contribution in [1.82, 2.24) is 14.6 Å². The number of piperidine rings is 1. The minimum Gasteiger partial charge on any atom is -0.496 e. The SMILES string of the molecule is COc1cccc2c1CC1(CCN(c3nc(C)c(Br)n4nccc34)CC1)C2. The molecule has 1 fully saturated rings. The van der Waals surface area contributed by atoms with Crippen LogP contribution in [-0.2, 0) is 12.8 Å². The fourth-order valence-electron chi connectivity index (χ4n) is 4.83. The van der Waals surface area contributed by atoms with Crippen molar-refractivity contribution in [1.29, 1.82) is 0 Å². The van der Waals surface area contributed by atoms with Gasteiger partial charge in [0.2, 0.25) is 0 Å². The summed E-state index contributed by atoms with van der Waals surface area (Å²) in [6.45, 7) is 4.09. The summed E-state index contributed by atoms with van der Waals surface area (Å²) >= 11 is 3.60. The van der Waals surface area contributed by atoms with E-state index in [1.165, 1.54) is 30.4 Å². The second-order valence-corrected chi connectivity index (χ2v) is 8.63. The number of fused-ring (bicyclic) bond motifs is 2. The Morgan fingerprint density at radius 2 is 1.96 bits per heavy atom. The van der Waals surface area contributed by atoms with Crippen LogP contribution in [0.15, 0.2) is 35.1 Å². The number of rotatable bonds is 2. The van der Waals surface area contributed by atoms with E-state index in [0.29, 0.717) is 5.41 Å². The first-order valence-electron chi connectivity index (χ1n) is 9.50. The molecule has 2 aromatic heterocycles. The molecule has 6 heteroatoms. The summed E-state index contributed by atoms with van der Waals surface area (Å²) in [5, 5.41) is 4.44. The number of benzene rings is 1. The van der Waals surface area contributed by atoms with Crippen molar-refractivity contribution in [3.8, 4) is 5.75 Å². The van der Waals surface area contributed by atoms with Crippen LogP contribution in [0.4, 0.5) is 5.82 Å². The maximum absolute atomic E-state index is 5.61. The standard InChI is InChI=1S/C21H23BrN4O/c1-14-19(22)26-17(6-9-23-26)20(24-14)25-10-7-21(8-11-25)12-15-4-3-5-18(27-2)16(15)13-21/h3-6,9H,7-8,10-13H2,1-2H3. The first-order valence-corrected chi connectivity index (χ1v) is 10.3. The molecule has 1 saturated heterocycles. The van der Waals surface area contributed by atoms with E-state index in [9.17, 15) is 0 Å². The Morgan fingerprint density at radius 1 is 1.15 bits per heavy atom. The van der Waals surface area contributed by atoms with E-state index in [0.717, 1.165) is 46.9 Å². The zero-order chi connectivity index (χ0) is 18.6. The van der Waals surface area contributed by atoms with Crippen molar-refractivity contribution in [3.05, 3.63) is 51.9 Å². The van der Waals surface area contributed by atoms with Crippen molar-refractivity contribution in [2.24, 2.45) is 5.41 Å². The zero-order valence-electron chi connectivity index (χ0n) is 15.7. The smallest absolute Gasteiger partial charge is 0.155 e.